The molecule has 2 heterocycles. The minimum Gasteiger partial charge on any atom is -0.348 e. The first-order valence-electron chi connectivity index (χ1n) is 6.68. The van der Waals surface area contributed by atoms with Crippen LogP contribution in [-0.4, -0.2) is 50.7 Å². The molecule has 1 aliphatic heterocycles. The Morgan fingerprint density at radius 3 is 2.78 bits per heavy atom. The third-order valence-corrected chi connectivity index (χ3v) is 4.46. The van der Waals surface area contributed by atoms with Crippen LogP contribution < -0.4 is 10.2 Å². The number of hydrogen-bond donors (Lipinski definition) is 1. The SMILES string of the molecule is CNCc1cnc(N2CCC(CN(C)C)CC2)s1. The molecule has 0 bridgehead atoms. The molecule has 0 aliphatic carbocycles. The van der Waals surface area contributed by atoms with Crippen molar-refractivity contribution in [3.05, 3.63) is 11.1 Å². The number of anilines is 1. The van der Waals surface area contributed by atoms with Gasteiger partial charge in [0.2, 0.25) is 0 Å². The summed E-state index contributed by atoms with van der Waals surface area (Å²) in [5.74, 6) is 0.855. The zero-order valence-corrected chi connectivity index (χ0v) is 12.5. The molecule has 18 heavy (non-hydrogen) atoms. The second kappa shape index (κ2) is 6.50. The molecule has 2 rings (SSSR count). The Labute approximate surface area is 114 Å². The fourth-order valence-electron chi connectivity index (χ4n) is 2.52. The molecule has 0 radical (unpaired) electrons. The van der Waals surface area contributed by atoms with E-state index in [-0.39, 0.29) is 0 Å². The van der Waals surface area contributed by atoms with E-state index in [9.17, 15) is 0 Å². The summed E-state index contributed by atoms with van der Waals surface area (Å²) in [6.07, 6.45) is 4.58. The van der Waals surface area contributed by atoms with Crippen LogP contribution in [-0.2, 0) is 6.54 Å². The van der Waals surface area contributed by atoms with Crippen molar-refractivity contribution in [2.75, 3.05) is 45.7 Å². The molecule has 5 heteroatoms. The lowest BCUT2D eigenvalue weighted by Gasteiger charge is -2.32. The van der Waals surface area contributed by atoms with Gasteiger partial charge in [0.05, 0.1) is 0 Å². The van der Waals surface area contributed by atoms with Gasteiger partial charge in [0, 0.05) is 37.3 Å². The molecule has 102 valence electrons. The predicted molar refractivity (Wildman–Crippen MR) is 78.4 cm³/mol. The molecule has 1 N–H and O–H groups in total. The van der Waals surface area contributed by atoms with Crippen LogP contribution in [0.15, 0.2) is 6.20 Å². The van der Waals surface area contributed by atoms with Crippen molar-refractivity contribution in [1.29, 1.82) is 0 Å². The van der Waals surface area contributed by atoms with Gasteiger partial charge >= 0.3 is 0 Å². The highest BCUT2D eigenvalue weighted by atomic mass is 32.1. The van der Waals surface area contributed by atoms with Crippen LogP contribution in [0.2, 0.25) is 0 Å². The van der Waals surface area contributed by atoms with Gasteiger partial charge in [0.25, 0.3) is 0 Å². The Kier molecular flexibility index (Phi) is 4.97. The van der Waals surface area contributed by atoms with Crippen LogP contribution in [0.3, 0.4) is 0 Å². The monoisotopic (exact) mass is 268 g/mol. The van der Waals surface area contributed by atoms with Crippen molar-refractivity contribution in [2.24, 2.45) is 5.92 Å². The number of thiazole rings is 1. The molecular formula is C13H24N4S. The Bertz CT molecular complexity index is 356. The van der Waals surface area contributed by atoms with Crippen molar-refractivity contribution in [3.63, 3.8) is 0 Å². The van der Waals surface area contributed by atoms with Gasteiger partial charge in [0.1, 0.15) is 0 Å². The minimum absolute atomic E-state index is 0.855. The summed E-state index contributed by atoms with van der Waals surface area (Å²) in [6, 6.07) is 0. The maximum Gasteiger partial charge on any atom is 0.185 e. The molecule has 0 unspecified atom stereocenters. The summed E-state index contributed by atoms with van der Waals surface area (Å²) in [5.41, 5.74) is 0. The van der Waals surface area contributed by atoms with Crippen LogP contribution in [0.5, 0.6) is 0 Å². The lowest BCUT2D eigenvalue weighted by atomic mass is 9.97. The van der Waals surface area contributed by atoms with Crippen molar-refractivity contribution in [1.82, 2.24) is 15.2 Å². The summed E-state index contributed by atoms with van der Waals surface area (Å²) in [5, 5.41) is 4.37. The highest BCUT2D eigenvalue weighted by Gasteiger charge is 2.21. The number of nitrogens with zero attached hydrogens (tertiary/aromatic N) is 3. The second-order valence-electron chi connectivity index (χ2n) is 5.33. The zero-order chi connectivity index (χ0) is 13.0. The fraction of sp³-hybridized carbons (Fsp3) is 0.769. The molecule has 1 aromatic heterocycles. The fourth-order valence-corrected chi connectivity index (χ4v) is 3.50. The molecule has 0 saturated carbocycles. The second-order valence-corrected chi connectivity index (χ2v) is 6.43. The maximum atomic E-state index is 4.54. The first kappa shape index (κ1) is 13.8. The number of hydrogen-bond acceptors (Lipinski definition) is 5. The van der Waals surface area contributed by atoms with E-state index in [1.165, 1.54) is 29.4 Å². The van der Waals surface area contributed by atoms with E-state index in [4.69, 9.17) is 0 Å². The number of nitrogens with one attached hydrogen (secondary N) is 1. The molecule has 4 nitrogen and oxygen atoms in total. The Morgan fingerprint density at radius 2 is 2.17 bits per heavy atom. The van der Waals surface area contributed by atoms with Gasteiger partial charge in [-0.2, -0.15) is 0 Å². The number of rotatable bonds is 5. The minimum atomic E-state index is 0.855. The van der Waals surface area contributed by atoms with Crippen molar-refractivity contribution in [2.45, 2.75) is 19.4 Å². The van der Waals surface area contributed by atoms with Crippen LogP contribution in [0.25, 0.3) is 0 Å². The molecule has 0 spiro atoms. The molecule has 0 atom stereocenters. The van der Waals surface area contributed by atoms with Crippen LogP contribution in [0, 0.1) is 5.92 Å². The van der Waals surface area contributed by atoms with Crippen LogP contribution in [0.1, 0.15) is 17.7 Å². The largest absolute Gasteiger partial charge is 0.348 e. The van der Waals surface area contributed by atoms with E-state index in [1.54, 1.807) is 0 Å². The Hall–Kier alpha value is -0.650. The quantitative estimate of drug-likeness (QED) is 0.880. The van der Waals surface area contributed by atoms with Gasteiger partial charge in [-0.15, -0.1) is 11.3 Å². The first-order valence-corrected chi connectivity index (χ1v) is 7.49. The molecule has 1 aromatic rings. The third-order valence-electron chi connectivity index (χ3n) is 3.40. The van der Waals surface area contributed by atoms with Gasteiger partial charge in [-0.1, -0.05) is 0 Å². The lowest BCUT2D eigenvalue weighted by Crippen LogP contribution is -2.37. The van der Waals surface area contributed by atoms with E-state index in [2.05, 4.69) is 34.2 Å². The summed E-state index contributed by atoms with van der Waals surface area (Å²) >= 11 is 1.82. The normalized spacial score (nSPS) is 17.7. The molecule has 1 aliphatic rings. The van der Waals surface area contributed by atoms with E-state index >= 15 is 0 Å². The van der Waals surface area contributed by atoms with E-state index in [0.29, 0.717) is 0 Å². The maximum absolute atomic E-state index is 4.54. The van der Waals surface area contributed by atoms with Gasteiger partial charge in [-0.3, -0.25) is 0 Å². The van der Waals surface area contributed by atoms with Crippen molar-refractivity contribution >= 4 is 16.5 Å². The third kappa shape index (κ3) is 3.67. The highest BCUT2D eigenvalue weighted by Crippen LogP contribution is 2.27. The molecule has 1 saturated heterocycles. The Morgan fingerprint density at radius 1 is 1.44 bits per heavy atom. The summed E-state index contributed by atoms with van der Waals surface area (Å²) in [4.78, 5) is 10.6. The van der Waals surface area contributed by atoms with E-state index in [0.717, 1.165) is 25.6 Å². The topological polar surface area (TPSA) is 31.4 Å². The van der Waals surface area contributed by atoms with Gasteiger partial charge in [-0.25, -0.2) is 4.98 Å². The summed E-state index contributed by atoms with van der Waals surface area (Å²) in [6.45, 7) is 4.46. The lowest BCUT2D eigenvalue weighted by molar-refractivity contribution is 0.285. The standard InChI is InChI=1S/C13H24N4S/c1-14-8-12-9-15-13(18-12)17-6-4-11(5-7-17)10-16(2)3/h9,11,14H,4-8,10H2,1-3H3. The summed E-state index contributed by atoms with van der Waals surface area (Å²) in [7, 11) is 6.31. The molecular weight excluding hydrogens is 244 g/mol. The summed E-state index contributed by atoms with van der Waals surface area (Å²) < 4.78 is 0. The average molecular weight is 268 g/mol. The van der Waals surface area contributed by atoms with Gasteiger partial charge < -0.3 is 15.1 Å². The van der Waals surface area contributed by atoms with E-state index in [1.807, 2.05) is 24.6 Å². The smallest absolute Gasteiger partial charge is 0.185 e. The number of aromatic nitrogens is 1. The van der Waals surface area contributed by atoms with Gasteiger partial charge in [0.15, 0.2) is 5.13 Å². The van der Waals surface area contributed by atoms with Crippen LogP contribution >= 0.6 is 11.3 Å². The average Bonchev–Trinajstić information content (AvgIpc) is 2.78. The first-order chi connectivity index (χ1) is 8.69. The molecule has 0 amide bonds. The number of piperidine rings is 1. The van der Waals surface area contributed by atoms with Crippen LogP contribution in [0.4, 0.5) is 5.13 Å². The zero-order valence-electron chi connectivity index (χ0n) is 11.6. The molecule has 0 aromatic carbocycles. The van der Waals surface area contributed by atoms with E-state index < -0.39 is 0 Å². The Balaban J connectivity index is 1.84. The predicted octanol–water partition coefficient (Wildman–Crippen LogP) is 1.64. The highest BCUT2D eigenvalue weighted by molar-refractivity contribution is 7.15. The molecule has 1 fully saturated rings. The van der Waals surface area contributed by atoms with Crippen molar-refractivity contribution < 1.29 is 0 Å². The van der Waals surface area contributed by atoms with Crippen molar-refractivity contribution in [3.8, 4) is 0 Å². The van der Waals surface area contributed by atoms with Gasteiger partial charge in [-0.05, 0) is 39.9 Å².